The van der Waals surface area contributed by atoms with Crippen LogP contribution in [0.2, 0.25) is 0 Å². The van der Waals surface area contributed by atoms with Gasteiger partial charge in [-0.15, -0.1) is 0 Å². The zero-order valence-corrected chi connectivity index (χ0v) is 18.3. The molecule has 0 atom stereocenters. The number of nitrogens with zero attached hydrogens (tertiary/aromatic N) is 6. The number of amidine groups is 1. The Bertz CT molecular complexity index is 974. The Morgan fingerprint density at radius 2 is 2.23 bits per heavy atom. The number of hydrogen-bond donors (Lipinski definition) is 0. The lowest BCUT2D eigenvalue weighted by atomic mass is 9.94. The lowest BCUT2D eigenvalue weighted by Gasteiger charge is -2.15. The molecule has 0 N–H and O–H groups in total. The first kappa shape index (κ1) is 24.1. The number of rotatable bonds is 10. The van der Waals surface area contributed by atoms with Crippen molar-refractivity contribution in [3.8, 4) is 0 Å². The van der Waals surface area contributed by atoms with Gasteiger partial charge in [0.05, 0.1) is 18.7 Å². The van der Waals surface area contributed by atoms with Gasteiger partial charge < -0.3 is 4.74 Å². The average Bonchev–Trinajstić information content (AvgIpc) is 2.77. The molecular weight excluding hydrogens is 399 g/mol. The minimum atomic E-state index is -0.265. The van der Waals surface area contributed by atoms with Crippen LogP contribution in [0, 0.1) is 0 Å². The molecule has 0 spiro atoms. The van der Waals surface area contributed by atoms with E-state index in [2.05, 4.69) is 26.8 Å². The minimum absolute atomic E-state index is 0.159. The Morgan fingerprint density at radius 1 is 1.42 bits per heavy atom. The molecule has 1 aromatic rings. The van der Waals surface area contributed by atoms with Crippen molar-refractivity contribution >= 4 is 18.3 Å². The van der Waals surface area contributed by atoms with Gasteiger partial charge in [0.2, 0.25) is 5.43 Å². The molecule has 0 bridgehead atoms. The molecular formula is C22H29FN6O2. The third-order valence-corrected chi connectivity index (χ3v) is 4.49. The molecule has 0 saturated carbocycles. The second kappa shape index (κ2) is 12.5. The maximum atomic E-state index is 14.5. The summed E-state index contributed by atoms with van der Waals surface area (Å²) in [4.78, 5) is 20.6. The first-order valence-corrected chi connectivity index (χ1v) is 10.1. The zero-order valence-electron chi connectivity index (χ0n) is 18.3. The Balaban J connectivity index is 2.18. The standard InChI is InChI=1S/C22H29FN6O2/c1-5-28(4)26-10-13-29-12-9-21(30)20(27-29)16-17-7-8-19(23)18(15-17)22(24-3)25-11-14-31-6-2/h5,9-12,15H,1,6-8,13-14,16H2,2-4H3/b24-22?,25-11?,26-10-. The molecule has 1 aromatic heterocycles. The Labute approximate surface area is 181 Å². The van der Waals surface area contributed by atoms with Crippen molar-refractivity contribution in [2.75, 3.05) is 27.3 Å². The molecule has 0 amide bonds. The van der Waals surface area contributed by atoms with E-state index in [-0.39, 0.29) is 17.7 Å². The Hall–Kier alpha value is -3.20. The monoisotopic (exact) mass is 428 g/mol. The highest BCUT2D eigenvalue weighted by atomic mass is 19.1. The van der Waals surface area contributed by atoms with Gasteiger partial charge in [-0.3, -0.25) is 19.5 Å². The molecule has 1 aliphatic carbocycles. The lowest BCUT2D eigenvalue weighted by Crippen LogP contribution is -2.19. The fraction of sp³-hybridized carbons (Fsp3) is 0.409. The van der Waals surface area contributed by atoms with Gasteiger partial charge in [-0.05, 0) is 19.4 Å². The van der Waals surface area contributed by atoms with Crippen molar-refractivity contribution < 1.29 is 9.13 Å². The molecule has 0 fully saturated rings. The summed E-state index contributed by atoms with van der Waals surface area (Å²) in [6.45, 7) is 6.82. The van der Waals surface area contributed by atoms with Gasteiger partial charge in [-0.1, -0.05) is 12.2 Å². The van der Waals surface area contributed by atoms with Gasteiger partial charge in [0.15, 0.2) is 5.84 Å². The van der Waals surface area contributed by atoms with Crippen LogP contribution in [0.15, 0.2) is 68.0 Å². The topological polar surface area (TPSA) is 84.4 Å². The molecule has 1 heterocycles. The van der Waals surface area contributed by atoms with E-state index in [1.807, 2.05) is 6.92 Å². The number of aromatic nitrogens is 2. The predicted octanol–water partition coefficient (Wildman–Crippen LogP) is 2.93. The molecule has 2 rings (SSSR count). The number of allylic oxidation sites excluding steroid dienone is 2. The molecule has 8 nitrogen and oxygen atoms in total. The van der Waals surface area contributed by atoms with Crippen molar-refractivity contribution in [1.29, 1.82) is 0 Å². The van der Waals surface area contributed by atoms with Crippen LogP contribution in [-0.4, -0.2) is 60.4 Å². The molecule has 0 aliphatic heterocycles. The van der Waals surface area contributed by atoms with Crippen LogP contribution >= 0.6 is 0 Å². The quantitative estimate of drug-likeness (QED) is 0.248. The molecule has 0 unspecified atom stereocenters. The van der Waals surface area contributed by atoms with Crippen LogP contribution in [0.3, 0.4) is 0 Å². The molecule has 0 radical (unpaired) electrons. The van der Waals surface area contributed by atoms with Crippen LogP contribution < -0.4 is 5.43 Å². The Kier molecular flexibility index (Phi) is 9.70. The van der Waals surface area contributed by atoms with Crippen molar-refractivity contribution in [2.45, 2.75) is 32.7 Å². The third kappa shape index (κ3) is 7.53. The van der Waals surface area contributed by atoms with E-state index < -0.39 is 0 Å². The average molecular weight is 429 g/mol. The Morgan fingerprint density at radius 3 is 2.94 bits per heavy atom. The number of hydrogen-bond acceptors (Lipinski definition) is 6. The third-order valence-electron chi connectivity index (χ3n) is 4.49. The number of hydrazone groups is 1. The number of aliphatic imine (C=N–C) groups is 2. The van der Waals surface area contributed by atoms with E-state index in [1.54, 1.807) is 54.7 Å². The molecule has 0 saturated heterocycles. The highest BCUT2D eigenvalue weighted by Crippen LogP contribution is 2.27. The summed E-state index contributed by atoms with van der Waals surface area (Å²) >= 11 is 0. The van der Waals surface area contributed by atoms with Crippen LogP contribution in [0.5, 0.6) is 0 Å². The summed E-state index contributed by atoms with van der Waals surface area (Å²) in [6.07, 6.45) is 9.23. The van der Waals surface area contributed by atoms with Gasteiger partial charge in [-0.2, -0.15) is 10.2 Å². The van der Waals surface area contributed by atoms with Crippen LogP contribution in [0.25, 0.3) is 0 Å². The molecule has 0 aromatic carbocycles. The summed E-state index contributed by atoms with van der Waals surface area (Å²) in [5.41, 5.74) is 1.48. The van der Waals surface area contributed by atoms with E-state index in [9.17, 15) is 9.18 Å². The summed E-state index contributed by atoms with van der Waals surface area (Å²) in [5.74, 6) is 0.0364. The van der Waals surface area contributed by atoms with Crippen molar-refractivity contribution in [1.82, 2.24) is 14.8 Å². The largest absolute Gasteiger partial charge is 0.376 e. The van der Waals surface area contributed by atoms with E-state index in [1.165, 1.54) is 6.07 Å². The normalized spacial score (nSPS) is 15.1. The lowest BCUT2D eigenvalue weighted by molar-refractivity contribution is 0.190. The summed E-state index contributed by atoms with van der Waals surface area (Å²) in [6, 6.07) is 1.48. The van der Waals surface area contributed by atoms with Crippen LogP contribution in [-0.2, 0) is 17.7 Å². The summed E-state index contributed by atoms with van der Waals surface area (Å²) in [5, 5.41) is 10.1. The first-order chi connectivity index (χ1) is 15.0. The fourth-order valence-electron chi connectivity index (χ4n) is 2.85. The summed E-state index contributed by atoms with van der Waals surface area (Å²) in [7, 11) is 3.33. The van der Waals surface area contributed by atoms with Gasteiger partial charge in [0.25, 0.3) is 0 Å². The van der Waals surface area contributed by atoms with Gasteiger partial charge in [0, 0.05) is 64.4 Å². The molecule has 31 heavy (non-hydrogen) atoms. The highest BCUT2D eigenvalue weighted by molar-refractivity contribution is 6.05. The van der Waals surface area contributed by atoms with E-state index in [4.69, 9.17) is 4.74 Å². The van der Waals surface area contributed by atoms with Gasteiger partial charge >= 0.3 is 0 Å². The minimum Gasteiger partial charge on any atom is -0.376 e. The second-order valence-corrected chi connectivity index (χ2v) is 6.72. The highest BCUT2D eigenvalue weighted by Gasteiger charge is 2.18. The zero-order chi connectivity index (χ0) is 22.6. The smallest absolute Gasteiger partial charge is 0.203 e. The van der Waals surface area contributed by atoms with E-state index >= 15 is 0 Å². The van der Waals surface area contributed by atoms with Gasteiger partial charge in [0.1, 0.15) is 11.5 Å². The molecule has 166 valence electrons. The fourth-order valence-corrected chi connectivity index (χ4v) is 2.85. The molecule has 9 heteroatoms. The predicted molar refractivity (Wildman–Crippen MR) is 122 cm³/mol. The number of ether oxygens (including phenoxy) is 1. The van der Waals surface area contributed by atoms with E-state index in [0.29, 0.717) is 49.7 Å². The van der Waals surface area contributed by atoms with Crippen molar-refractivity contribution in [2.24, 2.45) is 15.1 Å². The first-order valence-electron chi connectivity index (χ1n) is 10.1. The molecule has 1 aliphatic rings. The summed E-state index contributed by atoms with van der Waals surface area (Å²) < 4.78 is 21.3. The van der Waals surface area contributed by atoms with E-state index in [0.717, 1.165) is 5.57 Å². The van der Waals surface area contributed by atoms with Crippen LogP contribution in [0.4, 0.5) is 4.39 Å². The van der Waals surface area contributed by atoms with Crippen LogP contribution in [0.1, 0.15) is 25.5 Å². The van der Waals surface area contributed by atoms with Gasteiger partial charge in [-0.25, -0.2) is 9.38 Å². The maximum absolute atomic E-state index is 14.5. The maximum Gasteiger partial charge on any atom is 0.203 e. The second-order valence-electron chi connectivity index (χ2n) is 6.72. The van der Waals surface area contributed by atoms with Crippen molar-refractivity contribution in [3.05, 3.63) is 64.0 Å². The van der Waals surface area contributed by atoms with Crippen molar-refractivity contribution in [3.63, 3.8) is 0 Å². The SMILES string of the molecule is C=CN(C)/N=C\Cn1ccc(=O)c(CC2=CC(C(N=CCOCC)=NC)=C(F)CC2)n1. The number of halogens is 1.